The van der Waals surface area contributed by atoms with E-state index in [1.165, 1.54) is 5.56 Å². The molecule has 5 nitrogen and oxygen atoms in total. The van der Waals surface area contributed by atoms with Crippen LogP contribution in [0.5, 0.6) is 0 Å². The van der Waals surface area contributed by atoms with Crippen molar-refractivity contribution in [1.29, 1.82) is 0 Å². The van der Waals surface area contributed by atoms with Gasteiger partial charge in [0.2, 0.25) is 0 Å². The molecule has 2 heterocycles. The van der Waals surface area contributed by atoms with Gasteiger partial charge in [0.25, 0.3) is 0 Å². The number of carbonyl (C=O) groups excluding carboxylic acids is 1. The molecule has 120 valence electrons. The minimum Gasteiger partial charge on any atom is -0.353 e. The smallest absolute Gasteiger partial charge is 0.322 e. The summed E-state index contributed by atoms with van der Waals surface area (Å²) in [5, 5.41) is 3.02. The second-order valence-electron chi connectivity index (χ2n) is 5.54. The van der Waals surface area contributed by atoms with Crippen molar-refractivity contribution >= 4 is 17.5 Å². The van der Waals surface area contributed by atoms with E-state index in [0.717, 1.165) is 31.0 Å². The number of carbonyl (C=O) groups is 1. The van der Waals surface area contributed by atoms with Crippen LogP contribution in [0.4, 0.5) is 16.3 Å². The van der Waals surface area contributed by atoms with Crippen molar-refractivity contribution in [2.45, 2.75) is 13.3 Å². The fourth-order valence-electron chi connectivity index (χ4n) is 2.86. The number of likely N-dealkylation sites (N-methyl/N-ethyl adjacent to an activating group) is 1. The van der Waals surface area contributed by atoms with Gasteiger partial charge in [-0.15, -0.1) is 0 Å². The zero-order chi connectivity index (χ0) is 16.1. The molecule has 2 aromatic rings. The Balaban J connectivity index is 1.64. The highest BCUT2D eigenvalue weighted by atomic mass is 16.2. The molecule has 1 N–H and O–H groups in total. The van der Waals surface area contributed by atoms with Gasteiger partial charge in [-0.2, -0.15) is 0 Å². The van der Waals surface area contributed by atoms with Crippen LogP contribution >= 0.6 is 0 Å². The molecule has 1 aliphatic rings. The molecule has 0 saturated carbocycles. The van der Waals surface area contributed by atoms with Crippen LogP contribution in [0.3, 0.4) is 0 Å². The summed E-state index contributed by atoms with van der Waals surface area (Å²) in [5.41, 5.74) is 2.11. The molecule has 0 bridgehead atoms. The summed E-state index contributed by atoms with van der Waals surface area (Å²) in [6.45, 7) is 5.13. The maximum atomic E-state index is 12.5. The molecule has 1 aliphatic heterocycles. The maximum absolute atomic E-state index is 12.5. The number of urea groups is 1. The summed E-state index contributed by atoms with van der Waals surface area (Å²) in [6.07, 6.45) is 2.61. The fraction of sp³-hybridized carbons (Fsp3) is 0.333. The minimum atomic E-state index is -0.0501. The van der Waals surface area contributed by atoms with Gasteiger partial charge in [0, 0.05) is 32.4 Å². The van der Waals surface area contributed by atoms with Gasteiger partial charge >= 0.3 is 6.03 Å². The van der Waals surface area contributed by atoms with Crippen LogP contribution in [0.15, 0.2) is 48.7 Å². The van der Waals surface area contributed by atoms with Gasteiger partial charge in [0.05, 0.1) is 5.69 Å². The molecule has 5 heteroatoms. The predicted octanol–water partition coefficient (Wildman–Crippen LogP) is 2.68. The number of aromatic nitrogens is 1. The van der Waals surface area contributed by atoms with Gasteiger partial charge in [0.1, 0.15) is 0 Å². The third-order valence-electron chi connectivity index (χ3n) is 4.11. The highest BCUT2D eigenvalue weighted by molar-refractivity contribution is 5.96. The van der Waals surface area contributed by atoms with Crippen molar-refractivity contribution in [2.24, 2.45) is 0 Å². The molecular formula is C18H22N4O. The highest BCUT2D eigenvalue weighted by Gasteiger charge is 2.26. The fourth-order valence-corrected chi connectivity index (χ4v) is 2.86. The molecule has 1 aromatic carbocycles. The van der Waals surface area contributed by atoms with Crippen molar-refractivity contribution in [3.05, 3.63) is 54.2 Å². The summed E-state index contributed by atoms with van der Waals surface area (Å²) in [5.74, 6) is 0.888. The standard InChI is InChI=1S/C18H22N4O/c1-2-21-13-14-22(16-9-6-11-19-17(16)21)18(23)20-12-10-15-7-4-3-5-8-15/h3-9,11H,2,10,12-14H2,1H3,(H,20,23). The Morgan fingerprint density at radius 3 is 2.78 bits per heavy atom. The van der Waals surface area contributed by atoms with Crippen molar-refractivity contribution in [3.8, 4) is 0 Å². The summed E-state index contributed by atoms with van der Waals surface area (Å²) in [6, 6.07) is 14.0. The van der Waals surface area contributed by atoms with Gasteiger partial charge in [-0.1, -0.05) is 30.3 Å². The van der Waals surface area contributed by atoms with E-state index in [9.17, 15) is 4.79 Å². The third kappa shape index (κ3) is 3.44. The first-order chi connectivity index (χ1) is 11.3. The van der Waals surface area contributed by atoms with E-state index in [1.54, 1.807) is 11.1 Å². The summed E-state index contributed by atoms with van der Waals surface area (Å²) < 4.78 is 0. The average molecular weight is 310 g/mol. The first-order valence-electron chi connectivity index (χ1n) is 8.09. The Hall–Kier alpha value is -2.56. The number of nitrogens with one attached hydrogen (secondary N) is 1. The monoisotopic (exact) mass is 310 g/mol. The molecule has 2 amide bonds. The number of hydrogen-bond donors (Lipinski definition) is 1. The van der Waals surface area contributed by atoms with Crippen LogP contribution in [-0.2, 0) is 6.42 Å². The molecule has 23 heavy (non-hydrogen) atoms. The quantitative estimate of drug-likeness (QED) is 0.944. The molecule has 0 spiro atoms. The van der Waals surface area contributed by atoms with Gasteiger partial charge in [-0.25, -0.2) is 9.78 Å². The molecule has 0 atom stereocenters. The minimum absolute atomic E-state index is 0.0501. The number of pyridine rings is 1. The van der Waals surface area contributed by atoms with Crippen molar-refractivity contribution < 1.29 is 4.79 Å². The van der Waals surface area contributed by atoms with Crippen LogP contribution < -0.4 is 15.1 Å². The van der Waals surface area contributed by atoms with Crippen molar-refractivity contribution in [2.75, 3.05) is 36.0 Å². The topological polar surface area (TPSA) is 48.5 Å². The number of anilines is 2. The van der Waals surface area contributed by atoms with Gasteiger partial charge in [0.15, 0.2) is 5.82 Å². The first-order valence-corrected chi connectivity index (χ1v) is 8.09. The number of hydrogen-bond acceptors (Lipinski definition) is 3. The Bertz CT molecular complexity index is 659. The molecule has 3 rings (SSSR count). The Kier molecular flexibility index (Phi) is 4.76. The highest BCUT2D eigenvalue weighted by Crippen LogP contribution is 2.30. The van der Waals surface area contributed by atoms with Crippen molar-refractivity contribution in [1.82, 2.24) is 10.3 Å². The number of amides is 2. The van der Waals surface area contributed by atoms with E-state index in [-0.39, 0.29) is 6.03 Å². The number of benzene rings is 1. The summed E-state index contributed by atoms with van der Waals surface area (Å²) >= 11 is 0. The normalized spacial score (nSPS) is 13.6. The average Bonchev–Trinajstić information content (AvgIpc) is 2.61. The van der Waals surface area contributed by atoms with E-state index in [2.05, 4.69) is 34.3 Å². The Morgan fingerprint density at radius 2 is 2.00 bits per heavy atom. The zero-order valence-corrected chi connectivity index (χ0v) is 13.4. The first kappa shape index (κ1) is 15.3. The molecule has 0 aliphatic carbocycles. The van der Waals surface area contributed by atoms with E-state index in [4.69, 9.17) is 0 Å². The van der Waals surface area contributed by atoms with Crippen LogP contribution in [0.25, 0.3) is 0 Å². The molecular weight excluding hydrogens is 288 g/mol. The number of rotatable bonds is 4. The van der Waals surface area contributed by atoms with Crippen LogP contribution in [-0.4, -0.2) is 37.2 Å². The zero-order valence-electron chi connectivity index (χ0n) is 13.4. The number of fused-ring (bicyclic) bond motifs is 1. The van der Waals surface area contributed by atoms with Crippen LogP contribution in [0, 0.1) is 0 Å². The molecule has 0 fully saturated rings. The maximum Gasteiger partial charge on any atom is 0.322 e. The lowest BCUT2D eigenvalue weighted by atomic mass is 10.1. The summed E-state index contributed by atoms with van der Waals surface area (Å²) in [4.78, 5) is 20.9. The largest absolute Gasteiger partial charge is 0.353 e. The van der Waals surface area contributed by atoms with Crippen LogP contribution in [0.1, 0.15) is 12.5 Å². The van der Waals surface area contributed by atoms with E-state index in [0.29, 0.717) is 13.1 Å². The van der Waals surface area contributed by atoms with Gasteiger partial charge < -0.3 is 10.2 Å². The second kappa shape index (κ2) is 7.13. The Labute approximate surface area is 136 Å². The predicted molar refractivity (Wildman–Crippen MR) is 93.0 cm³/mol. The molecule has 0 unspecified atom stereocenters. The molecule has 0 saturated heterocycles. The lowest BCUT2D eigenvalue weighted by Crippen LogP contribution is -2.48. The lowest BCUT2D eigenvalue weighted by molar-refractivity contribution is 0.246. The van der Waals surface area contributed by atoms with Crippen LogP contribution in [0.2, 0.25) is 0 Å². The van der Waals surface area contributed by atoms with E-state index in [1.807, 2.05) is 30.3 Å². The van der Waals surface area contributed by atoms with Gasteiger partial charge in [-0.3, -0.25) is 4.90 Å². The Morgan fingerprint density at radius 1 is 1.17 bits per heavy atom. The van der Waals surface area contributed by atoms with Gasteiger partial charge in [-0.05, 0) is 31.0 Å². The second-order valence-corrected chi connectivity index (χ2v) is 5.54. The molecule has 0 radical (unpaired) electrons. The molecule has 1 aromatic heterocycles. The lowest BCUT2D eigenvalue weighted by Gasteiger charge is -2.36. The SMILES string of the molecule is CCN1CCN(C(=O)NCCc2ccccc2)c2cccnc21. The summed E-state index contributed by atoms with van der Waals surface area (Å²) in [7, 11) is 0. The van der Waals surface area contributed by atoms with E-state index >= 15 is 0 Å². The van der Waals surface area contributed by atoms with E-state index < -0.39 is 0 Å². The van der Waals surface area contributed by atoms with Crippen molar-refractivity contribution in [3.63, 3.8) is 0 Å². The third-order valence-corrected chi connectivity index (χ3v) is 4.11. The number of nitrogens with zero attached hydrogens (tertiary/aromatic N) is 3.